The predicted molar refractivity (Wildman–Crippen MR) is 150 cm³/mol. The molecule has 1 aliphatic carbocycles. The molecule has 212 valence electrons. The van der Waals surface area contributed by atoms with Crippen molar-refractivity contribution in [2.24, 2.45) is 0 Å². The molecule has 3 rings (SSSR count). The molecule has 0 amide bonds. The fourth-order valence-electron chi connectivity index (χ4n) is 5.09. The van der Waals surface area contributed by atoms with E-state index in [0.717, 1.165) is 89.3 Å². The topological polar surface area (TPSA) is 116 Å². The van der Waals surface area contributed by atoms with Gasteiger partial charge in [0.2, 0.25) is 0 Å². The number of benzene rings is 2. The number of aromatic hydroxyl groups is 1. The number of ether oxygens (including phenoxy) is 1. The van der Waals surface area contributed by atoms with Crippen LogP contribution in [0.5, 0.6) is 5.75 Å². The minimum absolute atomic E-state index is 0.0357. The second-order valence-corrected chi connectivity index (χ2v) is 12.5. The van der Waals surface area contributed by atoms with Gasteiger partial charge in [0.05, 0.1) is 22.9 Å². The van der Waals surface area contributed by atoms with Crippen molar-refractivity contribution in [1.82, 2.24) is 5.32 Å². The zero-order chi connectivity index (χ0) is 27.2. The van der Waals surface area contributed by atoms with Gasteiger partial charge in [-0.15, -0.1) is 0 Å². The number of aryl methyl sites for hydroxylation is 1. The Morgan fingerprint density at radius 3 is 2.39 bits per heavy atom. The van der Waals surface area contributed by atoms with E-state index in [1.54, 1.807) is 18.2 Å². The maximum absolute atomic E-state index is 13.0. The molecule has 38 heavy (non-hydrogen) atoms. The van der Waals surface area contributed by atoms with Crippen LogP contribution in [0.2, 0.25) is 0 Å². The Balaban J connectivity index is 1.19. The Labute approximate surface area is 228 Å². The summed E-state index contributed by atoms with van der Waals surface area (Å²) >= 11 is 0. The third-order valence-electron chi connectivity index (χ3n) is 7.39. The highest BCUT2D eigenvalue weighted by Crippen LogP contribution is 2.31. The summed E-state index contributed by atoms with van der Waals surface area (Å²) < 4.78 is 31.9. The van der Waals surface area contributed by atoms with Crippen LogP contribution in [0, 0.1) is 0 Å². The molecule has 0 bridgehead atoms. The second kappa shape index (κ2) is 16.2. The number of nitrogens with one attached hydrogen (secondary N) is 1. The summed E-state index contributed by atoms with van der Waals surface area (Å²) in [5.74, 6) is 0.0357. The average molecular weight is 548 g/mol. The van der Waals surface area contributed by atoms with Crippen LogP contribution < -0.4 is 5.32 Å². The molecule has 0 spiro atoms. The lowest BCUT2D eigenvalue weighted by molar-refractivity contribution is 0.126. The van der Waals surface area contributed by atoms with Gasteiger partial charge in [-0.1, -0.05) is 49.9 Å². The molecular formula is C30H45NO6S. The van der Waals surface area contributed by atoms with Gasteiger partial charge in [0.25, 0.3) is 0 Å². The monoisotopic (exact) mass is 547 g/mol. The zero-order valence-electron chi connectivity index (χ0n) is 22.5. The quantitative estimate of drug-likeness (QED) is 0.198. The first kappa shape index (κ1) is 30.6. The van der Waals surface area contributed by atoms with E-state index in [1.165, 1.54) is 6.07 Å². The highest BCUT2D eigenvalue weighted by molar-refractivity contribution is 7.92. The van der Waals surface area contributed by atoms with Crippen LogP contribution in [-0.2, 0) is 27.6 Å². The minimum atomic E-state index is -3.22. The number of hydrogen-bond donors (Lipinski definition) is 4. The number of aliphatic hydroxyl groups is 2. The summed E-state index contributed by atoms with van der Waals surface area (Å²) in [6.45, 7) is 2.43. The lowest BCUT2D eigenvalue weighted by Gasteiger charge is -2.15. The highest BCUT2D eigenvalue weighted by Gasteiger charge is 2.31. The molecule has 1 saturated carbocycles. The van der Waals surface area contributed by atoms with Crippen LogP contribution in [0.1, 0.15) is 87.0 Å². The zero-order valence-corrected chi connectivity index (χ0v) is 23.3. The summed E-state index contributed by atoms with van der Waals surface area (Å²) in [6.07, 6.45) is 9.75. The molecule has 0 saturated heterocycles. The molecule has 2 aromatic carbocycles. The third kappa shape index (κ3) is 9.35. The Morgan fingerprint density at radius 2 is 1.63 bits per heavy atom. The largest absolute Gasteiger partial charge is 0.508 e. The Kier molecular flexibility index (Phi) is 13.0. The molecule has 1 aliphatic rings. The van der Waals surface area contributed by atoms with Crippen LogP contribution in [-0.4, -0.2) is 55.3 Å². The summed E-state index contributed by atoms with van der Waals surface area (Å²) in [7, 11) is -3.22. The van der Waals surface area contributed by atoms with Crippen LogP contribution in [0.25, 0.3) is 0 Å². The molecule has 1 atom stereocenters. The lowest BCUT2D eigenvalue weighted by Crippen LogP contribution is -2.22. The summed E-state index contributed by atoms with van der Waals surface area (Å²) in [5.41, 5.74) is 2.03. The summed E-state index contributed by atoms with van der Waals surface area (Å²) in [4.78, 5) is 0.535. The van der Waals surface area contributed by atoms with Crippen LogP contribution >= 0.6 is 0 Å². The maximum Gasteiger partial charge on any atom is 0.181 e. The molecule has 0 heterocycles. The first-order valence-corrected chi connectivity index (χ1v) is 15.7. The van der Waals surface area contributed by atoms with Gasteiger partial charge >= 0.3 is 0 Å². The van der Waals surface area contributed by atoms with Crippen molar-refractivity contribution in [2.75, 3.05) is 26.3 Å². The molecule has 0 aromatic heterocycles. The first-order chi connectivity index (χ1) is 18.4. The molecule has 2 aromatic rings. The first-order valence-electron chi connectivity index (χ1n) is 14.1. The van der Waals surface area contributed by atoms with Crippen molar-refractivity contribution in [2.45, 2.75) is 93.5 Å². The van der Waals surface area contributed by atoms with E-state index in [0.29, 0.717) is 29.2 Å². The van der Waals surface area contributed by atoms with Gasteiger partial charge in [-0.3, -0.25) is 0 Å². The van der Waals surface area contributed by atoms with Crippen molar-refractivity contribution in [3.8, 4) is 5.75 Å². The van der Waals surface area contributed by atoms with Crippen LogP contribution in [0.15, 0.2) is 47.4 Å². The number of hydrogen-bond acceptors (Lipinski definition) is 7. The van der Waals surface area contributed by atoms with E-state index in [-0.39, 0.29) is 17.6 Å². The average Bonchev–Trinajstić information content (AvgIpc) is 3.48. The standard InChI is InChI=1S/C30H45NO6S/c32-23-26-21-25(16-17-28(26)33)29(34)22-31-18-8-1-2-9-19-37-20-10-7-12-24-11-3-6-15-30(24)38(35,36)27-13-4-5-14-27/h3,6,11,15-17,21,27,29,31-34H,1-2,4-5,7-10,12-14,18-20,22-23H2. The van der Waals surface area contributed by atoms with Crippen molar-refractivity contribution in [3.63, 3.8) is 0 Å². The normalized spacial score (nSPS) is 15.2. The van der Waals surface area contributed by atoms with E-state index >= 15 is 0 Å². The highest BCUT2D eigenvalue weighted by atomic mass is 32.2. The van der Waals surface area contributed by atoms with E-state index < -0.39 is 15.9 Å². The van der Waals surface area contributed by atoms with Gasteiger partial charge in [0, 0.05) is 25.3 Å². The van der Waals surface area contributed by atoms with Crippen molar-refractivity contribution < 1.29 is 28.5 Å². The number of rotatable bonds is 18. The van der Waals surface area contributed by atoms with Crippen LogP contribution in [0.3, 0.4) is 0 Å². The number of phenols is 1. The van der Waals surface area contributed by atoms with Gasteiger partial charge in [-0.2, -0.15) is 0 Å². The molecule has 1 unspecified atom stereocenters. The fourth-order valence-corrected chi connectivity index (χ4v) is 7.21. The Bertz CT molecular complexity index is 1070. The number of aliphatic hydroxyl groups excluding tert-OH is 2. The molecule has 1 fully saturated rings. The molecule has 4 N–H and O–H groups in total. The molecule has 0 radical (unpaired) electrons. The van der Waals surface area contributed by atoms with Crippen molar-refractivity contribution in [3.05, 3.63) is 59.2 Å². The smallest absolute Gasteiger partial charge is 0.181 e. The van der Waals surface area contributed by atoms with Gasteiger partial charge in [0.1, 0.15) is 5.75 Å². The molecular weight excluding hydrogens is 502 g/mol. The third-order valence-corrected chi connectivity index (χ3v) is 9.75. The van der Waals surface area contributed by atoms with Crippen molar-refractivity contribution in [1.29, 1.82) is 0 Å². The SMILES string of the molecule is O=S(=O)(c1ccccc1CCCCOCCCCCCNCC(O)c1ccc(O)c(CO)c1)C1CCCC1. The minimum Gasteiger partial charge on any atom is -0.508 e. The summed E-state index contributed by atoms with van der Waals surface area (Å²) in [5, 5.41) is 32.2. The van der Waals surface area contributed by atoms with Gasteiger partial charge in [0.15, 0.2) is 9.84 Å². The van der Waals surface area contributed by atoms with Gasteiger partial charge in [-0.05, 0) is 80.8 Å². The number of unbranched alkanes of at least 4 members (excludes halogenated alkanes) is 4. The van der Waals surface area contributed by atoms with Gasteiger partial charge < -0.3 is 25.4 Å². The molecule has 0 aliphatic heterocycles. The fraction of sp³-hybridized carbons (Fsp3) is 0.600. The lowest BCUT2D eigenvalue weighted by atomic mass is 10.1. The van der Waals surface area contributed by atoms with E-state index in [9.17, 15) is 23.7 Å². The maximum atomic E-state index is 13.0. The van der Waals surface area contributed by atoms with E-state index in [4.69, 9.17) is 4.74 Å². The molecule has 8 heteroatoms. The van der Waals surface area contributed by atoms with Crippen molar-refractivity contribution >= 4 is 9.84 Å². The van der Waals surface area contributed by atoms with E-state index in [2.05, 4.69) is 5.32 Å². The second-order valence-electron chi connectivity index (χ2n) is 10.3. The van der Waals surface area contributed by atoms with E-state index in [1.807, 2.05) is 18.2 Å². The Hall–Kier alpha value is -1.97. The Morgan fingerprint density at radius 1 is 0.921 bits per heavy atom. The summed E-state index contributed by atoms with van der Waals surface area (Å²) in [6, 6.07) is 12.3. The van der Waals surface area contributed by atoms with Gasteiger partial charge in [-0.25, -0.2) is 8.42 Å². The predicted octanol–water partition coefficient (Wildman–Crippen LogP) is 4.82. The molecule has 7 nitrogen and oxygen atoms in total. The van der Waals surface area contributed by atoms with Crippen LogP contribution in [0.4, 0.5) is 0 Å². The number of sulfone groups is 1.